The minimum Gasteiger partial charge on any atom is -0.289 e. The van der Waals surface area contributed by atoms with Gasteiger partial charge in [-0.25, -0.2) is 0 Å². The fourth-order valence-corrected chi connectivity index (χ4v) is 3.20. The first-order valence-corrected chi connectivity index (χ1v) is 7.46. The molecule has 0 bridgehead atoms. The maximum Gasteiger partial charge on any atom is 0.296 e. The van der Waals surface area contributed by atoms with Crippen LogP contribution in [0.5, 0.6) is 0 Å². The Morgan fingerprint density at radius 2 is 1.74 bits per heavy atom. The van der Waals surface area contributed by atoms with Crippen molar-refractivity contribution >= 4 is 23.4 Å². The topological polar surface area (TPSA) is 73.8 Å². The summed E-state index contributed by atoms with van der Waals surface area (Å²) < 4.78 is 1.69. The molecule has 1 fully saturated rings. The fraction of sp³-hybridized carbons (Fsp3) is 0.176. The third-order valence-electron chi connectivity index (χ3n) is 3.96. The lowest BCUT2D eigenvalue weighted by Crippen LogP contribution is -2.59. The van der Waals surface area contributed by atoms with Crippen LogP contribution in [0.4, 0.5) is 0 Å². The Labute approximate surface area is 138 Å². The number of imide groups is 1. The predicted octanol–water partition coefficient (Wildman–Crippen LogP) is 1.75. The average molecular weight is 327 g/mol. The molecule has 2 heterocycles. The van der Waals surface area contributed by atoms with E-state index in [1.165, 1.54) is 0 Å². The van der Waals surface area contributed by atoms with Crippen LogP contribution in [-0.2, 0) is 9.59 Å². The number of nitrogens with one attached hydrogen (secondary N) is 1. The van der Waals surface area contributed by atoms with Gasteiger partial charge in [0.05, 0.1) is 12.0 Å². The molecule has 0 unspecified atom stereocenters. The van der Waals surface area contributed by atoms with Crippen LogP contribution in [0.15, 0.2) is 54.9 Å². The Balaban J connectivity index is 2.18. The second kappa shape index (κ2) is 6.19. The highest BCUT2D eigenvalue weighted by Crippen LogP contribution is 2.39. The number of hydrogen-bond acceptors (Lipinski definition) is 3. The summed E-state index contributed by atoms with van der Waals surface area (Å²) in [6, 6.07) is 13.7. The standard InChI is InChI=1S/C17H12ClN3O2/c18-13-7-3-2-6-11(13)14-12(10-19)16(22)20-17(23)15(14)21-8-4-1-5-9-21/h1-9,12,14-15H/p+1/t12-,14-,15+/m0/s1. The van der Waals surface area contributed by atoms with E-state index in [4.69, 9.17) is 11.6 Å². The summed E-state index contributed by atoms with van der Waals surface area (Å²) >= 11 is 6.27. The number of amides is 2. The van der Waals surface area contributed by atoms with Crippen molar-refractivity contribution in [3.8, 4) is 6.07 Å². The van der Waals surface area contributed by atoms with Crippen molar-refractivity contribution < 1.29 is 14.2 Å². The van der Waals surface area contributed by atoms with Gasteiger partial charge in [-0.15, -0.1) is 0 Å². The number of halogens is 1. The van der Waals surface area contributed by atoms with E-state index in [1.54, 1.807) is 53.4 Å². The van der Waals surface area contributed by atoms with Gasteiger partial charge in [0, 0.05) is 17.2 Å². The van der Waals surface area contributed by atoms with Crippen LogP contribution in [0.25, 0.3) is 0 Å². The van der Waals surface area contributed by atoms with Gasteiger partial charge in [-0.05, 0) is 11.6 Å². The monoisotopic (exact) mass is 326 g/mol. The zero-order chi connectivity index (χ0) is 16.4. The highest BCUT2D eigenvalue weighted by molar-refractivity contribution is 6.31. The molecule has 0 aliphatic carbocycles. The van der Waals surface area contributed by atoms with Gasteiger partial charge in [-0.1, -0.05) is 35.9 Å². The summed E-state index contributed by atoms with van der Waals surface area (Å²) in [4.78, 5) is 24.6. The maximum atomic E-state index is 12.5. The smallest absolute Gasteiger partial charge is 0.289 e. The zero-order valence-electron chi connectivity index (χ0n) is 12.0. The van der Waals surface area contributed by atoms with E-state index in [2.05, 4.69) is 5.32 Å². The average Bonchev–Trinajstić information content (AvgIpc) is 2.55. The number of nitrogens with zero attached hydrogens (tertiary/aromatic N) is 2. The molecule has 6 heteroatoms. The molecule has 1 aliphatic heterocycles. The quantitative estimate of drug-likeness (QED) is 0.675. The van der Waals surface area contributed by atoms with Gasteiger partial charge in [0.15, 0.2) is 12.4 Å². The molecule has 3 atom stereocenters. The van der Waals surface area contributed by atoms with Gasteiger partial charge >= 0.3 is 0 Å². The van der Waals surface area contributed by atoms with Crippen molar-refractivity contribution in [2.45, 2.75) is 12.0 Å². The maximum absolute atomic E-state index is 12.5. The van der Waals surface area contributed by atoms with Crippen LogP contribution >= 0.6 is 11.6 Å². The Morgan fingerprint density at radius 3 is 2.39 bits per heavy atom. The van der Waals surface area contributed by atoms with Crippen LogP contribution in [-0.4, -0.2) is 11.8 Å². The molecule has 0 saturated carbocycles. The molecule has 23 heavy (non-hydrogen) atoms. The van der Waals surface area contributed by atoms with Crippen LogP contribution < -0.4 is 9.88 Å². The lowest BCUT2D eigenvalue weighted by Gasteiger charge is -2.30. The van der Waals surface area contributed by atoms with Gasteiger partial charge in [-0.3, -0.25) is 14.9 Å². The number of carbonyl (C=O) groups excluding carboxylic acids is 2. The van der Waals surface area contributed by atoms with Crippen molar-refractivity contribution in [3.05, 3.63) is 65.4 Å². The second-order valence-corrected chi connectivity index (χ2v) is 5.68. The number of benzene rings is 1. The molecule has 3 rings (SSSR count). The lowest BCUT2D eigenvalue weighted by atomic mass is 9.77. The highest BCUT2D eigenvalue weighted by atomic mass is 35.5. The SMILES string of the molecule is N#C[C@@H]1C(=O)NC(=O)[C@H]([n+]2ccccc2)[C@H]1c1ccccc1Cl. The predicted molar refractivity (Wildman–Crippen MR) is 82.1 cm³/mol. The van der Waals surface area contributed by atoms with Gasteiger partial charge in [0.25, 0.3) is 5.91 Å². The van der Waals surface area contributed by atoms with Crippen molar-refractivity contribution in [2.75, 3.05) is 0 Å². The fourth-order valence-electron chi connectivity index (χ4n) is 2.93. The third kappa shape index (κ3) is 2.69. The van der Waals surface area contributed by atoms with Crippen LogP contribution in [0.3, 0.4) is 0 Å². The van der Waals surface area contributed by atoms with E-state index in [0.717, 1.165) is 0 Å². The second-order valence-electron chi connectivity index (χ2n) is 5.28. The first kappa shape index (κ1) is 15.2. The van der Waals surface area contributed by atoms with Crippen molar-refractivity contribution in [2.24, 2.45) is 5.92 Å². The summed E-state index contributed by atoms with van der Waals surface area (Å²) in [5.41, 5.74) is 0.616. The number of aromatic nitrogens is 1. The van der Waals surface area contributed by atoms with E-state index < -0.39 is 29.7 Å². The number of rotatable bonds is 2. The van der Waals surface area contributed by atoms with Crippen LogP contribution in [0.1, 0.15) is 17.5 Å². The molecular formula is C17H13ClN3O2+. The number of nitriles is 1. The van der Waals surface area contributed by atoms with E-state index in [1.807, 2.05) is 12.1 Å². The van der Waals surface area contributed by atoms with E-state index in [9.17, 15) is 14.9 Å². The van der Waals surface area contributed by atoms with Gasteiger partial charge in [0.2, 0.25) is 11.9 Å². The van der Waals surface area contributed by atoms with Crippen molar-refractivity contribution in [1.29, 1.82) is 5.26 Å². The van der Waals surface area contributed by atoms with Gasteiger partial charge < -0.3 is 0 Å². The number of piperidine rings is 1. The number of carbonyl (C=O) groups is 2. The Kier molecular flexibility index (Phi) is 4.09. The van der Waals surface area contributed by atoms with E-state index >= 15 is 0 Å². The summed E-state index contributed by atoms with van der Waals surface area (Å²) in [5.74, 6) is -2.68. The van der Waals surface area contributed by atoms with Crippen LogP contribution in [0.2, 0.25) is 5.02 Å². The third-order valence-corrected chi connectivity index (χ3v) is 4.30. The molecule has 1 aromatic carbocycles. The Hall–Kier alpha value is -2.71. The first-order valence-electron chi connectivity index (χ1n) is 7.08. The largest absolute Gasteiger partial charge is 0.296 e. The molecule has 2 aromatic rings. The molecule has 0 spiro atoms. The summed E-state index contributed by atoms with van der Waals surface area (Å²) in [6.07, 6.45) is 3.47. The minimum atomic E-state index is -0.995. The van der Waals surface area contributed by atoms with Crippen LogP contribution in [0, 0.1) is 17.2 Å². The molecule has 1 aromatic heterocycles. The van der Waals surface area contributed by atoms with Crippen molar-refractivity contribution in [3.63, 3.8) is 0 Å². The highest BCUT2D eigenvalue weighted by Gasteiger charge is 2.50. The Morgan fingerprint density at radius 1 is 1.04 bits per heavy atom. The molecular weight excluding hydrogens is 314 g/mol. The number of pyridine rings is 1. The first-order chi connectivity index (χ1) is 11.1. The molecule has 1 saturated heterocycles. The minimum absolute atomic E-state index is 0.432. The molecule has 114 valence electrons. The lowest BCUT2D eigenvalue weighted by molar-refractivity contribution is -0.713. The van der Waals surface area contributed by atoms with E-state index in [0.29, 0.717) is 10.6 Å². The molecule has 5 nitrogen and oxygen atoms in total. The zero-order valence-corrected chi connectivity index (χ0v) is 12.8. The molecule has 0 radical (unpaired) electrons. The van der Waals surface area contributed by atoms with Crippen molar-refractivity contribution in [1.82, 2.24) is 5.32 Å². The summed E-state index contributed by atoms with van der Waals surface area (Å²) in [7, 11) is 0. The summed E-state index contributed by atoms with van der Waals surface area (Å²) in [5, 5.41) is 12.2. The number of hydrogen-bond donors (Lipinski definition) is 1. The van der Waals surface area contributed by atoms with Gasteiger partial charge in [0.1, 0.15) is 5.92 Å². The normalized spacial score (nSPS) is 23.9. The molecule has 2 amide bonds. The molecule has 1 aliphatic rings. The van der Waals surface area contributed by atoms with E-state index in [-0.39, 0.29) is 0 Å². The summed E-state index contributed by atoms with van der Waals surface area (Å²) in [6.45, 7) is 0. The Bertz CT molecular complexity index is 801. The molecule has 1 N–H and O–H groups in total. The van der Waals surface area contributed by atoms with Gasteiger partial charge in [-0.2, -0.15) is 9.83 Å².